The van der Waals surface area contributed by atoms with Gasteiger partial charge in [0.15, 0.2) is 0 Å². The van der Waals surface area contributed by atoms with Gasteiger partial charge in [0.2, 0.25) is 5.91 Å². The molecule has 0 saturated carbocycles. The third kappa shape index (κ3) is 5.86. The highest BCUT2D eigenvalue weighted by atomic mass is 16.4. The van der Waals surface area contributed by atoms with Crippen molar-refractivity contribution in [2.45, 2.75) is 19.4 Å². The summed E-state index contributed by atoms with van der Waals surface area (Å²) in [4.78, 5) is 20.7. The van der Waals surface area contributed by atoms with Crippen LogP contribution in [0.25, 0.3) is 0 Å². The number of carboxylic acid groups (broad SMARTS) is 1. The first-order chi connectivity index (χ1) is 5.93. The molecule has 0 aliphatic carbocycles. The van der Waals surface area contributed by atoms with Crippen LogP contribution in [0.2, 0.25) is 0 Å². The molecule has 13 heavy (non-hydrogen) atoms. The van der Waals surface area contributed by atoms with Gasteiger partial charge in [0.05, 0.1) is 0 Å². The highest BCUT2D eigenvalue weighted by molar-refractivity contribution is 5.86. The standard InChI is InChI=1S/C8H14N2O3/c1-5(8(12)13)4-10-6(2)3-7(9)11/h6,10H,1,3-4H2,2H3,(H2,9,11)(H,12,13). The topological polar surface area (TPSA) is 92.4 Å². The van der Waals surface area contributed by atoms with Gasteiger partial charge in [-0.2, -0.15) is 0 Å². The largest absolute Gasteiger partial charge is 0.478 e. The zero-order valence-electron chi connectivity index (χ0n) is 7.54. The molecule has 4 N–H and O–H groups in total. The van der Waals surface area contributed by atoms with Crippen molar-refractivity contribution >= 4 is 11.9 Å². The molecule has 0 rings (SSSR count). The molecule has 0 aromatic carbocycles. The Kier molecular flexibility index (Phi) is 4.76. The molecule has 0 saturated heterocycles. The Morgan fingerprint density at radius 3 is 2.54 bits per heavy atom. The van der Waals surface area contributed by atoms with Crippen LogP contribution in [0.5, 0.6) is 0 Å². The van der Waals surface area contributed by atoms with Crippen molar-refractivity contribution in [3.8, 4) is 0 Å². The molecule has 0 fully saturated rings. The zero-order chi connectivity index (χ0) is 10.4. The van der Waals surface area contributed by atoms with Gasteiger partial charge in [-0.05, 0) is 6.92 Å². The van der Waals surface area contributed by atoms with Crippen molar-refractivity contribution in [2.75, 3.05) is 6.54 Å². The molecule has 0 heterocycles. The Morgan fingerprint density at radius 1 is 1.62 bits per heavy atom. The minimum atomic E-state index is -1.04. The summed E-state index contributed by atoms with van der Waals surface area (Å²) < 4.78 is 0. The average Bonchev–Trinajstić information content (AvgIpc) is 1.98. The summed E-state index contributed by atoms with van der Waals surface area (Å²) in [6.45, 7) is 5.23. The van der Waals surface area contributed by atoms with E-state index in [1.54, 1.807) is 6.92 Å². The van der Waals surface area contributed by atoms with Crippen LogP contribution in [-0.2, 0) is 9.59 Å². The highest BCUT2D eigenvalue weighted by Crippen LogP contribution is 1.92. The first-order valence-corrected chi connectivity index (χ1v) is 3.86. The van der Waals surface area contributed by atoms with Gasteiger partial charge in [-0.15, -0.1) is 0 Å². The van der Waals surface area contributed by atoms with Gasteiger partial charge >= 0.3 is 5.97 Å². The summed E-state index contributed by atoms with van der Waals surface area (Å²) in [5, 5.41) is 11.3. The number of nitrogens with two attached hydrogens (primary N) is 1. The third-order valence-corrected chi connectivity index (χ3v) is 1.47. The van der Waals surface area contributed by atoms with Crippen molar-refractivity contribution in [3.63, 3.8) is 0 Å². The lowest BCUT2D eigenvalue weighted by Gasteiger charge is -2.10. The van der Waals surface area contributed by atoms with Crippen LogP contribution in [0, 0.1) is 0 Å². The van der Waals surface area contributed by atoms with E-state index in [0.29, 0.717) is 0 Å². The van der Waals surface area contributed by atoms with E-state index in [2.05, 4.69) is 11.9 Å². The minimum absolute atomic E-state index is 0.0660. The van der Waals surface area contributed by atoms with Gasteiger partial charge in [-0.3, -0.25) is 4.79 Å². The Labute approximate surface area is 76.6 Å². The first kappa shape index (κ1) is 11.6. The second-order valence-corrected chi connectivity index (χ2v) is 2.86. The molecule has 1 amide bonds. The number of hydrogen-bond donors (Lipinski definition) is 3. The van der Waals surface area contributed by atoms with Crippen LogP contribution in [0.4, 0.5) is 0 Å². The maximum atomic E-state index is 10.4. The lowest BCUT2D eigenvalue weighted by atomic mass is 10.2. The monoisotopic (exact) mass is 186 g/mol. The van der Waals surface area contributed by atoms with Crippen molar-refractivity contribution in [3.05, 3.63) is 12.2 Å². The van der Waals surface area contributed by atoms with E-state index in [-0.39, 0.29) is 24.6 Å². The van der Waals surface area contributed by atoms with Crippen molar-refractivity contribution < 1.29 is 14.7 Å². The molecule has 1 atom stereocenters. The van der Waals surface area contributed by atoms with Crippen molar-refractivity contribution in [2.24, 2.45) is 5.73 Å². The van der Waals surface area contributed by atoms with E-state index in [1.165, 1.54) is 0 Å². The molecule has 74 valence electrons. The van der Waals surface area contributed by atoms with E-state index < -0.39 is 11.9 Å². The number of aliphatic carboxylic acids is 1. The van der Waals surface area contributed by atoms with Gasteiger partial charge in [-0.1, -0.05) is 6.58 Å². The maximum absolute atomic E-state index is 10.4. The average molecular weight is 186 g/mol. The molecule has 0 aromatic heterocycles. The summed E-state index contributed by atoms with van der Waals surface area (Å²) in [5.74, 6) is -1.46. The van der Waals surface area contributed by atoms with E-state index in [4.69, 9.17) is 10.8 Å². The second kappa shape index (κ2) is 5.31. The number of carboxylic acids is 1. The third-order valence-electron chi connectivity index (χ3n) is 1.47. The molecule has 0 spiro atoms. The van der Waals surface area contributed by atoms with E-state index in [1.807, 2.05) is 0 Å². The predicted octanol–water partition coefficient (Wildman–Crippen LogP) is -0.519. The van der Waals surface area contributed by atoms with Crippen LogP contribution in [0.3, 0.4) is 0 Å². The molecule has 5 nitrogen and oxygen atoms in total. The minimum Gasteiger partial charge on any atom is -0.478 e. The molecule has 0 aliphatic heterocycles. The van der Waals surface area contributed by atoms with Crippen LogP contribution in [-0.4, -0.2) is 29.6 Å². The fourth-order valence-corrected chi connectivity index (χ4v) is 0.747. The number of hydrogen-bond acceptors (Lipinski definition) is 3. The summed E-state index contributed by atoms with van der Waals surface area (Å²) in [7, 11) is 0. The Hall–Kier alpha value is -1.36. The van der Waals surface area contributed by atoms with Crippen molar-refractivity contribution in [1.82, 2.24) is 5.32 Å². The fraction of sp³-hybridized carbons (Fsp3) is 0.500. The van der Waals surface area contributed by atoms with Crippen LogP contribution in [0.1, 0.15) is 13.3 Å². The zero-order valence-corrected chi connectivity index (χ0v) is 7.54. The van der Waals surface area contributed by atoms with E-state index in [9.17, 15) is 9.59 Å². The lowest BCUT2D eigenvalue weighted by molar-refractivity contribution is -0.132. The molecule has 1 unspecified atom stereocenters. The molecular formula is C8H14N2O3. The first-order valence-electron chi connectivity index (χ1n) is 3.86. The molecule has 0 bridgehead atoms. The number of amides is 1. The lowest BCUT2D eigenvalue weighted by Crippen LogP contribution is -2.33. The van der Waals surface area contributed by atoms with Gasteiger partial charge in [0, 0.05) is 24.6 Å². The Balaban J connectivity index is 3.70. The summed E-state index contributed by atoms with van der Waals surface area (Å²) in [5.41, 5.74) is 5.01. The van der Waals surface area contributed by atoms with Gasteiger partial charge in [-0.25, -0.2) is 4.79 Å². The number of rotatable bonds is 6. The summed E-state index contributed by atoms with van der Waals surface area (Å²) in [6, 6.07) is -0.131. The van der Waals surface area contributed by atoms with E-state index >= 15 is 0 Å². The van der Waals surface area contributed by atoms with Crippen LogP contribution < -0.4 is 11.1 Å². The predicted molar refractivity (Wildman–Crippen MR) is 48.1 cm³/mol. The number of nitrogens with one attached hydrogen (secondary N) is 1. The van der Waals surface area contributed by atoms with Crippen LogP contribution >= 0.6 is 0 Å². The van der Waals surface area contributed by atoms with Crippen molar-refractivity contribution in [1.29, 1.82) is 0 Å². The smallest absolute Gasteiger partial charge is 0.332 e. The van der Waals surface area contributed by atoms with Gasteiger partial charge in [0.25, 0.3) is 0 Å². The molecule has 0 radical (unpaired) electrons. The SMILES string of the molecule is C=C(CNC(C)CC(N)=O)C(=O)O. The van der Waals surface area contributed by atoms with Crippen LogP contribution in [0.15, 0.2) is 12.2 Å². The fourth-order valence-electron chi connectivity index (χ4n) is 0.747. The molecule has 0 aliphatic rings. The molecule has 0 aromatic rings. The molecule has 5 heteroatoms. The number of carbonyl (C=O) groups excluding carboxylic acids is 1. The summed E-state index contributed by atoms with van der Waals surface area (Å²) in [6.07, 6.45) is 0.187. The molecular weight excluding hydrogens is 172 g/mol. The second-order valence-electron chi connectivity index (χ2n) is 2.86. The van der Waals surface area contributed by atoms with Gasteiger partial charge < -0.3 is 16.2 Å². The van der Waals surface area contributed by atoms with E-state index in [0.717, 1.165) is 0 Å². The highest BCUT2D eigenvalue weighted by Gasteiger charge is 2.08. The number of primary amides is 1. The van der Waals surface area contributed by atoms with Gasteiger partial charge in [0.1, 0.15) is 0 Å². The normalized spacial score (nSPS) is 12.1. The quantitative estimate of drug-likeness (QED) is 0.487. The number of carbonyl (C=O) groups is 2. The maximum Gasteiger partial charge on any atom is 0.332 e. The summed E-state index contributed by atoms with van der Waals surface area (Å²) >= 11 is 0. The Bertz CT molecular complexity index is 225. The Morgan fingerprint density at radius 2 is 2.15 bits per heavy atom.